The van der Waals surface area contributed by atoms with Gasteiger partial charge in [0.2, 0.25) is 0 Å². The molecule has 0 radical (unpaired) electrons. The number of amides is 1. The molecule has 1 atom stereocenters. The fourth-order valence-corrected chi connectivity index (χ4v) is 4.36. The average Bonchev–Trinajstić information content (AvgIpc) is 3.36. The monoisotopic (exact) mass is 380 g/mol. The van der Waals surface area contributed by atoms with Gasteiger partial charge in [-0.05, 0) is 38.3 Å². The van der Waals surface area contributed by atoms with Crippen LogP contribution in [0, 0.1) is 13.8 Å². The highest BCUT2D eigenvalue weighted by Gasteiger charge is 2.28. The van der Waals surface area contributed by atoms with Crippen molar-refractivity contribution in [1.29, 1.82) is 0 Å². The second kappa shape index (κ2) is 7.64. The van der Waals surface area contributed by atoms with E-state index in [1.165, 1.54) is 0 Å². The fraction of sp³-hybridized carbons (Fsp3) is 0.381. The zero-order valence-electron chi connectivity index (χ0n) is 15.8. The van der Waals surface area contributed by atoms with Crippen LogP contribution in [0.2, 0.25) is 0 Å². The van der Waals surface area contributed by atoms with E-state index in [0.717, 1.165) is 60.7 Å². The van der Waals surface area contributed by atoms with Gasteiger partial charge < -0.3 is 9.47 Å². The van der Waals surface area contributed by atoms with Crippen molar-refractivity contribution < 1.29 is 4.79 Å². The van der Waals surface area contributed by atoms with Crippen molar-refractivity contribution in [3.63, 3.8) is 0 Å². The highest BCUT2D eigenvalue weighted by molar-refractivity contribution is 7.07. The molecule has 3 aromatic rings. The third-order valence-electron chi connectivity index (χ3n) is 5.26. The number of carbonyl (C=O) groups excluding carboxylic acids is 1. The van der Waals surface area contributed by atoms with E-state index >= 15 is 0 Å². The summed E-state index contributed by atoms with van der Waals surface area (Å²) < 4.78 is 2.17. The number of thiazole rings is 1. The number of nitrogens with zero attached hydrogens (tertiary/aromatic N) is 4. The van der Waals surface area contributed by atoms with Crippen molar-refractivity contribution in [2.75, 3.05) is 13.1 Å². The molecule has 1 saturated heterocycles. The van der Waals surface area contributed by atoms with Crippen LogP contribution >= 0.6 is 11.3 Å². The van der Waals surface area contributed by atoms with Gasteiger partial charge in [0.15, 0.2) is 0 Å². The lowest BCUT2D eigenvalue weighted by Crippen LogP contribution is -2.40. The van der Waals surface area contributed by atoms with Gasteiger partial charge in [-0.25, -0.2) is 9.97 Å². The third-order valence-corrected chi connectivity index (χ3v) is 5.90. The van der Waals surface area contributed by atoms with Gasteiger partial charge in [-0.3, -0.25) is 4.79 Å². The molecular formula is C21H24N4OS. The minimum Gasteiger partial charge on any atom is -0.338 e. The summed E-state index contributed by atoms with van der Waals surface area (Å²) in [7, 11) is 0. The van der Waals surface area contributed by atoms with Crippen LogP contribution in [0.4, 0.5) is 0 Å². The molecule has 0 bridgehead atoms. The maximum absolute atomic E-state index is 13.1. The fourth-order valence-electron chi connectivity index (χ4n) is 3.81. The van der Waals surface area contributed by atoms with Crippen molar-refractivity contribution in [3.8, 4) is 0 Å². The van der Waals surface area contributed by atoms with Gasteiger partial charge in [-0.1, -0.05) is 17.7 Å². The number of likely N-dealkylation sites (tertiary alicyclic amines) is 1. The van der Waals surface area contributed by atoms with Crippen LogP contribution in [0.1, 0.15) is 51.8 Å². The molecule has 6 heteroatoms. The van der Waals surface area contributed by atoms with E-state index in [9.17, 15) is 4.79 Å². The van der Waals surface area contributed by atoms with E-state index in [1.54, 1.807) is 11.3 Å². The Morgan fingerprint density at radius 3 is 3.00 bits per heavy atom. The summed E-state index contributed by atoms with van der Waals surface area (Å²) >= 11 is 1.61. The number of imidazole rings is 1. The third kappa shape index (κ3) is 3.81. The van der Waals surface area contributed by atoms with Gasteiger partial charge in [0.1, 0.15) is 5.82 Å². The molecule has 0 aliphatic carbocycles. The van der Waals surface area contributed by atoms with Crippen LogP contribution in [-0.2, 0) is 6.54 Å². The first-order valence-electron chi connectivity index (χ1n) is 9.36. The predicted molar refractivity (Wildman–Crippen MR) is 107 cm³/mol. The van der Waals surface area contributed by atoms with Crippen LogP contribution in [0.15, 0.2) is 41.5 Å². The molecule has 5 nitrogen and oxygen atoms in total. The summed E-state index contributed by atoms with van der Waals surface area (Å²) in [5.41, 5.74) is 5.89. The SMILES string of the molecule is Cc1ccc(C)c(C(=O)N2CCCC(c3nccn3Cc3cscn3)C2)c1. The number of hydrogen-bond donors (Lipinski definition) is 0. The van der Waals surface area contributed by atoms with Crippen LogP contribution < -0.4 is 0 Å². The van der Waals surface area contributed by atoms with E-state index in [-0.39, 0.29) is 11.8 Å². The molecule has 1 fully saturated rings. The standard InChI is InChI=1S/C21H24N4OS/c1-15-5-6-16(2)19(10-15)21(26)25-8-3-4-17(11-25)20-22-7-9-24(20)12-18-13-27-14-23-18/h5-7,9-10,13-14,17H,3-4,8,11-12H2,1-2H3. The van der Waals surface area contributed by atoms with Gasteiger partial charge in [-0.15, -0.1) is 11.3 Å². The number of rotatable bonds is 4. The van der Waals surface area contributed by atoms with Crippen molar-refractivity contribution in [2.24, 2.45) is 0 Å². The van der Waals surface area contributed by atoms with E-state index in [2.05, 4.69) is 26.0 Å². The molecule has 2 aromatic heterocycles. The quantitative estimate of drug-likeness (QED) is 0.687. The Labute approximate surface area is 163 Å². The van der Waals surface area contributed by atoms with Gasteiger partial charge in [0.05, 0.1) is 17.7 Å². The van der Waals surface area contributed by atoms with Gasteiger partial charge in [0.25, 0.3) is 5.91 Å². The first-order chi connectivity index (χ1) is 13.1. The van der Waals surface area contributed by atoms with Crippen LogP contribution in [0.25, 0.3) is 0 Å². The molecule has 0 N–H and O–H groups in total. The molecule has 1 aliphatic rings. The molecule has 140 valence electrons. The normalized spacial score (nSPS) is 17.3. The lowest BCUT2D eigenvalue weighted by atomic mass is 9.95. The van der Waals surface area contributed by atoms with Crippen LogP contribution in [0.5, 0.6) is 0 Å². The topological polar surface area (TPSA) is 51.0 Å². The minimum atomic E-state index is 0.138. The Morgan fingerprint density at radius 1 is 1.30 bits per heavy atom. The van der Waals surface area contributed by atoms with Crippen molar-refractivity contribution >= 4 is 17.2 Å². The summed E-state index contributed by atoms with van der Waals surface area (Å²) in [6, 6.07) is 6.09. The Kier molecular flexibility index (Phi) is 5.07. The highest BCUT2D eigenvalue weighted by atomic mass is 32.1. The predicted octanol–water partition coefficient (Wildman–Crippen LogP) is 4.02. The summed E-state index contributed by atoms with van der Waals surface area (Å²) in [5, 5.41) is 2.07. The molecule has 0 spiro atoms. The number of carbonyl (C=O) groups is 1. The number of piperidine rings is 1. The molecule has 1 aromatic carbocycles. The Hall–Kier alpha value is -2.47. The molecule has 1 unspecified atom stereocenters. The van der Waals surface area contributed by atoms with Crippen molar-refractivity contribution in [3.05, 3.63) is 69.7 Å². The maximum Gasteiger partial charge on any atom is 0.254 e. The molecular weight excluding hydrogens is 356 g/mol. The maximum atomic E-state index is 13.1. The number of hydrogen-bond acceptors (Lipinski definition) is 4. The zero-order chi connectivity index (χ0) is 18.8. The molecule has 27 heavy (non-hydrogen) atoms. The lowest BCUT2D eigenvalue weighted by molar-refractivity contribution is 0.0702. The summed E-state index contributed by atoms with van der Waals surface area (Å²) in [4.78, 5) is 24.1. The molecule has 4 rings (SSSR count). The molecule has 1 aliphatic heterocycles. The van der Waals surface area contributed by atoms with E-state index in [1.807, 2.05) is 48.8 Å². The largest absolute Gasteiger partial charge is 0.338 e. The Bertz CT molecular complexity index is 932. The molecule has 0 saturated carbocycles. The summed E-state index contributed by atoms with van der Waals surface area (Å²) in [6.07, 6.45) is 5.93. The first-order valence-corrected chi connectivity index (χ1v) is 10.3. The average molecular weight is 381 g/mol. The van der Waals surface area contributed by atoms with Crippen LogP contribution in [0.3, 0.4) is 0 Å². The highest BCUT2D eigenvalue weighted by Crippen LogP contribution is 2.28. The Morgan fingerprint density at radius 2 is 2.19 bits per heavy atom. The van der Waals surface area contributed by atoms with E-state index in [4.69, 9.17) is 0 Å². The van der Waals surface area contributed by atoms with E-state index in [0.29, 0.717) is 0 Å². The van der Waals surface area contributed by atoms with Gasteiger partial charge in [-0.2, -0.15) is 0 Å². The molecule has 3 heterocycles. The van der Waals surface area contributed by atoms with Crippen LogP contribution in [-0.4, -0.2) is 38.4 Å². The van der Waals surface area contributed by atoms with Gasteiger partial charge >= 0.3 is 0 Å². The minimum absolute atomic E-state index is 0.138. The number of benzene rings is 1. The smallest absolute Gasteiger partial charge is 0.254 e. The second-order valence-corrected chi connectivity index (χ2v) is 8.02. The van der Waals surface area contributed by atoms with Crippen molar-refractivity contribution in [2.45, 2.75) is 39.2 Å². The van der Waals surface area contributed by atoms with Gasteiger partial charge in [0, 0.05) is 42.3 Å². The van der Waals surface area contributed by atoms with E-state index < -0.39 is 0 Å². The summed E-state index contributed by atoms with van der Waals surface area (Å²) in [6.45, 7) is 6.31. The number of aryl methyl sites for hydroxylation is 2. The zero-order valence-corrected chi connectivity index (χ0v) is 16.6. The molecule has 1 amide bonds. The first kappa shape index (κ1) is 17.9. The van der Waals surface area contributed by atoms with Crippen molar-refractivity contribution in [1.82, 2.24) is 19.4 Å². The second-order valence-electron chi connectivity index (χ2n) is 7.30. The number of aromatic nitrogens is 3. The summed E-state index contributed by atoms with van der Waals surface area (Å²) in [5.74, 6) is 1.46. The Balaban J connectivity index is 1.53. The lowest BCUT2D eigenvalue weighted by Gasteiger charge is -2.33.